The number of thiophene rings is 1. The summed E-state index contributed by atoms with van der Waals surface area (Å²) < 4.78 is 26.3. The number of carboxylic acids is 1. The number of carboxylic acid groups (broad SMARTS) is 1. The predicted molar refractivity (Wildman–Crippen MR) is 76.5 cm³/mol. The van der Waals surface area contributed by atoms with E-state index in [9.17, 15) is 18.0 Å². The van der Waals surface area contributed by atoms with E-state index in [1.165, 1.54) is 13.0 Å². The molecular weight excluding hydrogens is 316 g/mol. The SMILES string of the molecule is CC(NS(=O)(=O)c1cccs1)C(=O)NC1(C(=O)O)CCC1. The molecule has 0 spiro atoms. The van der Waals surface area contributed by atoms with E-state index in [4.69, 9.17) is 5.11 Å². The molecule has 1 atom stereocenters. The average molecular weight is 332 g/mol. The van der Waals surface area contributed by atoms with E-state index in [1.54, 1.807) is 11.4 Å². The summed E-state index contributed by atoms with van der Waals surface area (Å²) in [5.74, 6) is -1.73. The van der Waals surface area contributed by atoms with Crippen LogP contribution in [-0.4, -0.2) is 37.0 Å². The largest absolute Gasteiger partial charge is 0.480 e. The fourth-order valence-electron chi connectivity index (χ4n) is 2.03. The van der Waals surface area contributed by atoms with Gasteiger partial charge in [-0.3, -0.25) is 4.79 Å². The molecule has 1 fully saturated rings. The van der Waals surface area contributed by atoms with Gasteiger partial charge < -0.3 is 10.4 Å². The standard InChI is InChI=1S/C12H16N2O5S2/c1-8(14-21(18,19)9-4-2-7-20-9)10(15)13-12(11(16)17)5-3-6-12/h2,4,7-8,14H,3,5-6H2,1H3,(H,13,15)(H,16,17). The van der Waals surface area contributed by atoms with Gasteiger partial charge >= 0.3 is 5.97 Å². The number of rotatable bonds is 6. The third kappa shape index (κ3) is 3.25. The van der Waals surface area contributed by atoms with E-state index in [0.717, 1.165) is 17.8 Å². The van der Waals surface area contributed by atoms with Gasteiger partial charge in [-0.05, 0) is 37.6 Å². The van der Waals surface area contributed by atoms with Crippen molar-refractivity contribution in [2.24, 2.45) is 0 Å². The highest BCUT2D eigenvalue weighted by Crippen LogP contribution is 2.32. The molecule has 1 aromatic rings. The lowest BCUT2D eigenvalue weighted by atomic mass is 9.76. The second-order valence-electron chi connectivity index (χ2n) is 5.01. The molecule has 21 heavy (non-hydrogen) atoms. The lowest BCUT2D eigenvalue weighted by Crippen LogP contribution is -2.62. The van der Waals surface area contributed by atoms with E-state index < -0.39 is 33.5 Å². The monoisotopic (exact) mass is 332 g/mol. The summed E-state index contributed by atoms with van der Waals surface area (Å²) in [7, 11) is -3.77. The lowest BCUT2D eigenvalue weighted by molar-refractivity contribution is -0.152. The third-order valence-corrected chi connectivity index (χ3v) is 6.40. The minimum atomic E-state index is -3.77. The summed E-state index contributed by atoms with van der Waals surface area (Å²) in [6.45, 7) is 1.38. The Balaban J connectivity index is 2.02. The second kappa shape index (κ2) is 5.74. The first kappa shape index (κ1) is 15.9. The van der Waals surface area contributed by atoms with Crippen LogP contribution in [0.15, 0.2) is 21.7 Å². The second-order valence-corrected chi connectivity index (χ2v) is 7.89. The zero-order valence-corrected chi connectivity index (χ0v) is 13.0. The van der Waals surface area contributed by atoms with Crippen molar-refractivity contribution in [3.8, 4) is 0 Å². The Labute approximate surface area is 126 Å². The number of amides is 1. The molecule has 0 aliphatic heterocycles. The van der Waals surface area contributed by atoms with Gasteiger partial charge in [-0.25, -0.2) is 13.2 Å². The predicted octanol–water partition coefficient (Wildman–Crippen LogP) is 0.538. The molecule has 9 heteroatoms. The molecule has 2 rings (SSSR count). The van der Waals surface area contributed by atoms with Crippen LogP contribution in [0.1, 0.15) is 26.2 Å². The van der Waals surface area contributed by atoms with E-state index in [2.05, 4.69) is 10.0 Å². The van der Waals surface area contributed by atoms with E-state index >= 15 is 0 Å². The van der Waals surface area contributed by atoms with Gasteiger partial charge in [-0.15, -0.1) is 11.3 Å². The molecule has 3 N–H and O–H groups in total. The molecule has 0 aromatic carbocycles. The molecular formula is C12H16N2O5S2. The number of carbonyl (C=O) groups is 2. The Hall–Kier alpha value is -1.45. The van der Waals surface area contributed by atoms with E-state index in [1.807, 2.05) is 0 Å². The maximum absolute atomic E-state index is 12.0. The molecule has 1 amide bonds. The number of nitrogens with one attached hydrogen (secondary N) is 2. The highest BCUT2D eigenvalue weighted by atomic mass is 32.2. The van der Waals surface area contributed by atoms with E-state index in [-0.39, 0.29) is 4.21 Å². The summed E-state index contributed by atoms with van der Waals surface area (Å²) in [6.07, 6.45) is 1.44. The van der Waals surface area contributed by atoms with Crippen LogP contribution in [0.3, 0.4) is 0 Å². The lowest BCUT2D eigenvalue weighted by Gasteiger charge is -2.38. The van der Waals surface area contributed by atoms with Crippen LogP contribution in [0.5, 0.6) is 0 Å². The van der Waals surface area contributed by atoms with Crippen LogP contribution in [0.25, 0.3) is 0 Å². The first-order chi connectivity index (χ1) is 9.77. The van der Waals surface area contributed by atoms with Crippen molar-refractivity contribution in [2.45, 2.75) is 42.0 Å². The zero-order valence-electron chi connectivity index (χ0n) is 11.3. The first-order valence-electron chi connectivity index (χ1n) is 6.38. The Kier molecular flexibility index (Phi) is 4.35. The van der Waals surface area contributed by atoms with E-state index in [0.29, 0.717) is 12.8 Å². The quantitative estimate of drug-likeness (QED) is 0.704. The van der Waals surface area contributed by atoms with Crippen LogP contribution in [-0.2, 0) is 19.6 Å². The average Bonchev–Trinajstić information content (AvgIpc) is 2.86. The molecule has 1 aliphatic carbocycles. The van der Waals surface area contributed by atoms with Crippen molar-refractivity contribution in [3.63, 3.8) is 0 Å². The molecule has 1 aliphatic rings. The van der Waals surface area contributed by atoms with Crippen LogP contribution in [0.2, 0.25) is 0 Å². The molecule has 0 saturated heterocycles. The first-order valence-corrected chi connectivity index (χ1v) is 8.74. The van der Waals surface area contributed by atoms with Gasteiger partial charge in [0.1, 0.15) is 9.75 Å². The number of hydrogen-bond acceptors (Lipinski definition) is 5. The van der Waals surface area contributed by atoms with Crippen molar-refractivity contribution >= 4 is 33.2 Å². The number of sulfonamides is 1. The fraction of sp³-hybridized carbons (Fsp3) is 0.500. The van der Waals surface area contributed by atoms with Gasteiger partial charge in [-0.2, -0.15) is 4.72 Å². The Morgan fingerprint density at radius 1 is 1.43 bits per heavy atom. The summed E-state index contributed by atoms with van der Waals surface area (Å²) >= 11 is 1.04. The van der Waals surface area contributed by atoms with Gasteiger partial charge in [0, 0.05) is 0 Å². The summed E-state index contributed by atoms with van der Waals surface area (Å²) in [5, 5.41) is 13.2. The number of aliphatic carboxylic acids is 1. The maximum atomic E-state index is 12.0. The molecule has 1 unspecified atom stereocenters. The minimum absolute atomic E-state index is 0.110. The highest BCUT2D eigenvalue weighted by Gasteiger charge is 2.46. The smallest absolute Gasteiger partial charge is 0.329 e. The highest BCUT2D eigenvalue weighted by molar-refractivity contribution is 7.91. The van der Waals surface area contributed by atoms with Crippen molar-refractivity contribution < 1.29 is 23.1 Å². The maximum Gasteiger partial charge on any atom is 0.329 e. The summed E-state index contributed by atoms with van der Waals surface area (Å²) in [6, 6.07) is 1.98. The molecule has 1 heterocycles. The molecule has 7 nitrogen and oxygen atoms in total. The number of carbonyl (C=O) groups excluding carboxylic acids is 1. The van der Waals surface area contributed by atoms with Crippen LogP contribution < -0.4 is 10.0 Å². The summed E-state index contributed by atoms with van der Waals surface area (Å²) in [4.78, 5) is 23.2. The molecule has 0 radical (unpaired) electrons. The topological polar surface area (TPSA) is 113 Å². The third-order valence-electron chi connectivity index (χ3n) is 3.46. The normalized spacial score (nSPS) is 18.5. The van der Waals surface area contributed by atoms with Crippen LogP contribution in [0, 0.1) is 0 Å². The Morgan fingerprint density at radius 3 is 2.52 bits per heavy atom. The van der Waals surface area contributed by atoms with Gasteiger partial charge in [0.05, 0.1) is 6.04 Å². The molecule has 1 saturated carbocycles. The van der Waals surface area contributed by atoms with Gasteiger partial charge in [0.25, 0.3) is 10.0 Å². The Bertz CT molecular complexity index is 635. The molecule has 0 bridgehead atoms. The Morgan fingerprint density at radius 2 is 2.10 bits per heavy atom. The van der Waals surface area contributed by atoms with Crippen molar-refractivity contribution in [1.29, 1.82) is 0 Å². The number of hydrogen-bond donors (Lipinski definition) is 3. The molecule has 116 valence electrons. The van der Waals surface area contributed by atoms with Crippen molar-refractivity contribution in [1.82, 2.24) is 10.0 Å². The minimum Gasteiger partial charge on any atom is -0.480 e. The van der Waals surface area contributed by atoms with Crippen LogP contribution >= 0.6 is 11.3 Å². The van der Waals surface area contributed by atoms with Gasteiger partial charge in [0.15, 0.2) is 0 Å². The fourth-order valence-corrected chi connectivity index (χ4v) is 4.24. The van der Waals surface area contributed by atoms with Crippen LogP contribution in [0.4, 0.5) is 0 Å². The zero-order chi connectivity index (χ0) is 15.7. The van der Waals surface area contributed by atoms with Crippen molar-refractivity contribution in [2.75, 3.05) is 0 Å². The molecule has 1 aromatic heterocycles. The summed E-state index contributed by atoms with van der Waals surface area (Å²) in [5.41, 5.74) is -1.25. The van der Waals surface area contributed by atoms with Gasteiger partial charge in [-0.1, -0.05) is 6.07 Å². The van der Waals surface area contributed by atoms with Crippen molar-refractivity contribution in [3.05, 3.63) is 17.5 Å². The van der Waals surface area contributed by atoms with Gasteiger partial charge in [0.2, 0.25) is 5.91 Å².